The maximum absolute atomic E-state index is 11.6. The standard InChI is InChI=1S/C9H14N4O2S/c1-3-9(6-10)16(14,15)11-7-8-4-5-13(2)12-8/h4-5,9,11H,3,7H2,1-2H3. The third kappa shape index (κ3) is 3.05. The second-order valence-electron chi connectivity index (χ2n) is 3.37. The van der Waals surface area contributed by atoms with E-state index in [2.05, 4.69) is 9.82 Å². The molecule has 6 nitrogen and oxygen atoms in total. The van der Waals surface area contributed by atoms with Gasteiger partial charge in [-0.2, -0.15) is 10.4 Å². The quantitative estimate of drug-likeness (QED) is 0.795. The van der Waals surface area contributed by atoms with E-state index in [1.165, 1.54) is 0 Å². The molecule has 0 radical (unpaired) electrons. The Labute approximate surface area is 94.9 Å². The summed E-state index contributed by atoms with van der Waals surface area (Å²) in [5.74, 6) is 0. The fourth-order valence-corrected chi connectivity index (χ4v) is 2.34. The van der Waals surface area contributed by atoms with Crippen LogP contribution < -0.4 is 4.72 Å². The summed E-state index contributed by atoms with van der Waals surface area (Å²) in [5, 5.41) is 11.7. The molecule has 1 atom stereocenters. The van der Waals surface area contributed by atoms with Gasteiger partial charge in [0, 0.05) is 13.2 Å². The lowest BCUT2D eigenvalue weighted by Crippen LogP contribution is -2.32. The van der Waals surface area contributed by atoms with E-state index in [0.29, 0.717) is 5.69 Å². The third-order valence-corrected chi connectivity index (χ3v) is 3.85. The minimum Gasteiger partial charge on any atom is -0.276 e. The third-order valence-electron chi connectivity index (χ3n) is 2.11. The summed E-state index contributed by atoms with van der Waals surface area (Å²) in [4.78, 5) is 0. The summed E-state index contributed by atoms with van der Waals surface area (Å²) >= 11 is 0. The predicted molar refractivity (Wildman–Crippen MR) is 58.7 cm³/mol. The van der Waals surface area contributed by atoms with Gasteiger partial charge in [-0.1, -0.05) is 6.92 Å². The van der Waals surface area contributed by atoms with Crippen LogP contribution in [0.4, 0.5) is 0 Å². The zero-order valence-electron chi connectivity index (χ0n) is 9.21. The number of aromatic nitrogens is 2. The monoisotopic (exact) mass is 242 g/mol. The number of nitriles is 1. The molecule has 0 aliphatic heterocycles. The summed E-state index contributed by atoms with van der Waals surface area (Å²) in [7, 11) is -1.82. The molecule has 0 fully saturated rings. The van der Waals surface area contributed by atoms with Crippen LogP contribution in [-0.2, 0) is 23.6 Å². The molecule has 88 valence electrons. The maximum Gasteiger partial charge on any atom is 0.228 e. The summed E-state index contributed by atoms with van der Waals surface area (Å²) in [5.41, 5.74) is 0.624. The molecular weight excluding hydrogens is 228 g/mol. The van der Waals surface area contributed by atoms with Gasteiger partial charge in [-0.15, -0.1) is 0 Å². The summed E-state index contributed by atoms with van der Waals surface area (Å²) in [6.07, 6.45) is 2.00. The zero-order chi connectivity index (χ0) is 12.2. The van der Waals surface area contributed by atoms with Crippen molar-refractivity contribution < 1.29 is 8.42 Å². The Morgan fingerprint density at radius 3 is 2.81 bits per heavy atom. The number of sulfonamides is 1. The van der Waals surface area contributed by atoms with Gasteiger partial charge in [-0.3, -0.25) is 4.68 Å². The molecule has 0 aromatic carbocycles. The molecule has 16 heavy (non-hydrogen) atoms. The molecular formula is C9H14N4O2S. The van der Waals surface area contributed by atoms with Gasteiger partial charge in [0.2, 0.25) is 10.0 Å². The van der Waals surface area contributed by atoms with E-state index in [-0.39, 0.29) is 13.0 Å². The average molecular weight is 242 g/mol. The Morgan fingerprint density at radius 2 is 2.38 bits per heavy atom. The van der Waals surface area contributed by atoms with Crippen LogP contribution in [0.1, 0.15) is 19.0 Å². The van der Waals surface area contributed by atoms with E-state index in [0.717, 1.165) is 0 Å². The van der Waals surface area contributed by atoms with E-state index >= 15 is 0 Å². The topological polar surface area (TPSA) is 87.8 Å². The van der Waals surface area contributed by atoms with Crippen LogP contribution in [-0.4, -0.2) is 23.4 Å². The first-order valence-electron chi connectivity index (χ1n) is 4.86. The van der Waals surface area contributed by atoms with Crippen LogP contribution in [0, 0.1) is 11.3 Å². The zero-order valence-corrected chi connectivity index (χ0v) is 10.0. The highest BCUT2D eigenvalue weighted by Gasteiger charge is 2.22. The fraction of sp³-hybridized carbons (Fsp3) is 0.556. The highest BCUT2D eigenvalue weighted by Crippen LogP contribution is 2.04. The minimum absolute atomic E-state index is 0.112. The van der Waals surface area contributed by atoms with Crippen LogP contribution >= 0.6 is 0 Å². The molecule has 1 rings (SSSR count). The van der Waals surface area contributed by atoms with Crippen molar-refractivity contribution in [3.8, 4) is 6.07 Å². The Kier molecular flexibility index (Phi) is 4.04. The van der Waals surface area contributed by atoms with Gasteiger partial charge in [-0.25, -0.2) is 13.1 Å². The molecule has 1 aromatic heterocycles. The molecule has 0 aliphatic rings. The largest absolute Gasteiger partial charge is 0.276 e. The van der Waals surface area contributed by atoms with E-state index in [4.69, 9.17) is 5.26 Å². The van der Waals surface area contributed by atoms with Crippen molar-refractivity contribution in [3.63, 3.8) is 0 Å². The Hall–Kier alpha value is -1.39. The first-order chi connectivity index (χ1) is 7.49. The molecule has 1 aromatic rings. The van der Waals surface area contributed by atoms with Gasteiger partial charge < -0.3 is 0 Å². The van der Waals surface area contributed by atoms with E-state index in [9.17, 15) is 8.42 Å². The number of rotatable bonds is 5. The highest BCUT2D eigenvalue weighted by molar-refractivity contribution is 7.90. The average Bonchev–Trinajstić information content (AvgIpc) is 2.63. The normalized spacial score (nSPS) is 13.3. The number of nitrogens with one attached hydrogen (secondary N) is 1. The van der Waals surface area contributed by atoms with Gasteiger partial charge in [0.05, 0.1) is 18.3 Å². The lowest BCUT2D eigenvalue weighted by Gasteiger charge is -2.08. The van der Waals surface area contributed by atoms with Crippen LogP contribution in [0.15, 0.2) is 12.3 Å². The molecule has 1 heterocycles. The molecule has 7 heteroatoms. The van der Waals surface area contributed by atoms with Crippen LogP contribution in [0.3, 0.4) is 0 Å². The van der Waals surface area contributed by atoms with Crippen LogP contribution in [0.5, 0.6) is 0 Å². The van der Waals surface area contributed by atoms with Crippen molar-refractivity contribution in [1.82, 2.24) is 14.5 Å². The molecule has 0 saturated carbocycles. The maximum atomic E-state index is 11.6. The van der Waals surface area contributed by atoms with Gasteiger partial charge in [0.15, 0.2) is 5.25 Å². The number of nitrogens with zero attached hydrogens (tertiary/aromatic N) is 3. The van der Waals surface area contributed by atoms with Gasteiger partial charge in [0.25, 0.3) is 0 Å². The van der Waals surface area contributed by atoms with Crippen molar-refractivity contribution in [1.29, 1.82) is 5.26 Å². The molecule has 0 bridgehead atoms. The SMILES string of the molecule is CCC(C#N)S(=O)(=O)NCc1ccn(C)n1. The van der Waals surface area contributed by atoms with Crippen molar-refractivity contribution in [3.05, 3.63) is 18.0 Å². The molecule has 1 N–H and O–H groups in total. The number of hydrogen-bond acceptors (Lipinski definition) is 4. The summed E-state index contributed by atoms with van der Waals surface area (Å²) in [6.45, 7) is 1.77. The first kappa shape index (κ1) is 12.7. The van der Waals surface area contributed by atoms with Crippen molar-refractivity contribution >= 4 is 10.0 Å². The van der Waals surface area contributed by atoms with Crippen LogP contribution in [0.25, 0.3) is 0 Å². The first-order valence-corrected chi connectivity index (χ1v) is 6.41. The Bertz CT molecular complexity index is 486. The summed E-state index contributed by atoms with van der Waals surface area (Å²) in [6, 6.07) is 3.48. The predicted octanol–water partition coefficient (Wildman–Crippen LogP) is 0.142. The Morgan fingerprint density at radius 1 is 1.69 bits per heavy atom. The highest BCUT2D eigenvalue weighted by atomic mass is 32.2. The van der Waals surface area contributed by atoms with Crippen molar-refractivity contribution in [2.75, 3.05) is 0 Å². The van der Waals surface area contributed by atoms with Gasteiger partial charge in [0.1, 0.15) is 0 Å². The second-order valence-corrected chi connectivity index (χ2v) is 5.32. The molecule has 0 amide bonds. The molecule has 0 spiro atoms. The fourth-order valence-electron chi connectivity index (χ4n) is 1.21. The van der Waals surface area contributed by atoms with Crippen LogP contribution in [0.2, 0.25) is 0 Å². The van der Waals surface area contributed by atoms with E-state index in [1.807, 2.05) is 0 Å². The lowest BCUT2D eigenvalue weighted by molar-refractivity contribution is 0.570. The van der Waals surface area contributed by atoms with Gasteiger partial charge in [-0.05, 0) is 12.5 Å². The van der Waals surface area contributed by atoms with Crippen molar-refractivity contribution in [2.45, 2.75) is 25.1 Å². The second kappa shape index (κ2) is 5.09. The molecule has 0 aliphatic carbocycles. The minimum atomic E-state index is -3.57. The Balaban J connectivity index is 2.65. The lowest BCUT2D eigenvalue weighted by atomic mass is 10.4. The van der Waals surface area contributed by atoms with E-state index in [1.54, 1.807) is 37.0 Å². The summed E-state index contributed by atoms with van der Waals surface area (Å²) < 4.78 is 27.2. The van der Waals surface area contributed by atoms with E-state index < -0.39 is 15.3 Å². The molecule has 1 unspecified atom stereocenters. The number of hydrogen-bond donors (Lipinski definition) is 1. The molecule has 0 saturated heterocycles. The smallest absolute Gasteiger partial charge is 0.228 e. The van der Waals surface area contributed by atoms with Gasteiger partial charge >= 0.3 is 0 Å². The van der Waals surface area contributed by atoms with Crippen molar-refractivity contribution in [2.24, 2.45) is 7.05 Å². The number of aryl methyl sites for hydroxylation is 1.